The predicted molar refractivity (Wildman–Crippen MR) is 172 cm³/mol. The Balaban J connectivity index is 1.32. The number of hydrogen-bond acceptors (Lipinski definition) is 9. The average Bonchev–Trinajstić information content (AvgIpc) is 3.41. The number of hydrogen-bond donors (Lipinski definition) is 0. The third kappa shape index (κ3) is 6.08. The van der Waals surface area contributed by atoms with Gasteiger partial charge in [0.05, 0.1) is 27.1 Å². The first kappa shape index (κ1) is 31.3. The van der Waals surface area contributed by atoms with Gasteiger partial charge in [0, 0.05) is 69.0 Å². The van der Waals surface area contributed by atoms with Gasteiger partial charge in [0.1, 0.15) is 23.4 Å². The van der Waals surface area contributed by atoms with Crippen molar-refractivity contribution in [1.82, 2.24) is 19.7 Å². The van der Waals surface area contributed by atoms with Crippen LogP contribution in [-0.2, 0) is 18.3 Å². The van der Waals surface area contributed by atoms with Crippen LogP contribution in [0.1, 0.15) is 51.0 Å². The molecule has 4 aromatic rings. The summed E-state index contributed by atoms with van der Waals surface area (Å²) in [5.74, 6) is 1.49. The van der Waals surface area contributed by atoms with Gasteiger partial charge in [-0.15, -0.1) is 0 Å². The summed E-state index contributed by atoms with van der Waals surface area (Å²) in [6.07, 6.45) is 7.69. The Kier molecular flexibility index (Phi) is 8.94. The van der Waals surface area contributed by atoms with Gasteiger partial charge in [-0.1, -0.05) is 36.2 Å². The number of pyridine rings is 2. The van der Waals surface area contributed by atoms with Gasteiger partial charge in [0.25, 0.3) is 0 Å². The summed E-state index contributed by atoms with van der Waals surface area (Å²) in [4.78, 5) is 11.0. The molecule has 2 aliphatic rings. The standard InChI is InChI=1S/C31H36Cl2N5O5P/c1-20(28-22(32)15-34-16-23(28)33)43-25-9-7-8-24-29(25)30(36-38(24)27-10-5-6-13-42-27)21-11-12-26(35-14-21)37-17-31(2,18-37)19-44(39,40-3)41-4/h7-9,11-12,14-16,20,27H,5-6,10,13,17-19H2,1-4H3/t20-,27?/m1/s1. The molecular weight excluding hydrogens is 624 g/mol. The molecule has 234 valence electrons. The van der Waals surface area contributed by atoms with E-state index in [2.05, 4.69) is 16.8 Å². The Morgan fingerprint density at radius 3 is 2.48 bits per heavy atom. The van der Waals surface area contributed by atoms with Crippen LogP contribution in [0.2, 0.25) is 10.0 Å². The van der Waals surface area contributed by atoms with Crippen molar-refractivity contribution in [3.8, 4) is 17.0 Å². The van der Waals surface area contributed by atoms with E-state index in [1.807, 2.05) is 48.1 Å². The highest BCUT2D eigenvalue weighted by Crippen LogP contribution is 2.53. The van der Waals surface area contributed by atoms with E-state index in [1.54, 1.807) is 12.4 Å². The molecule has 2 saturated heterocycles. The second-order valence-electron chi connectivity index (χ2n) is 11.7. The Morgan fingerprint density at radius 2 is 1.84 bits per heavy atom. The molecule has 1 unspecified atom stereocenters. The van der Waals surface area contributed by atoms with Crippen LogP contribution in [0.15, 0.2) is 48.9 Å². The molecule has 10 nitrogen and oxygen atoms in total. The van der Waals surface area contributed by atoms with Crippen molar-refractivity contribution in [2.75, 3.05) is 45.0 Å². The third-order valence-electron chi connectivity index (χ3n) is 8.35. The molecule has 44 heavy (non-hydrogen) atoms. The van der Waals surface area contributed by atoms with Crippen molar-refractivity contribution in [2.45, 2.75) is 45.4 Å². The Morgan fingerprint density at radius 1 is 1.09 bits per heavy atom. The summed E-state index contributed by atoms with van der Waals surface area (Å²) in [6, 6.07) is 9.94. The molecule has 0 spiro atoms. The zero-order valence-corrected chi connectivity index (χ0v) is 27.6. The van der Waals surface area contributed by atoms with E-state index in [0.29, 0.717) is 47.2 Å². The molecule has 0 N–H and O–H groups in total. The Labute approximate surface area is 267 Å². The van der Waals surface area contributed by atoms with Gasteiger partial charge >= 0.3 is 7.60 Å². The summed E-state index contributed by atoms with van der Waals surface area (Å²) in [5.41, 5.74) is 2.98. The summed E-state index contributed by atoms with van der Waals surface area (Å²) >= 11 is 12.9. The molecule has 5 heterocycles. The highest BCUT2D eigenvalue weighted by Gasteiger charge is 2.45. The fraction of sp³-hybridized carbons (Fsp3) is 0.452. The monoisotopic (exact) mass is 659 g/mol. The van der Waals surface area contributed by atoms with Gasteiger partial charge in [-0.3, -0.25) is 9.55 Å². The lowest BCUT2D eigenvalue weighted by molar-refractivity contribution is -0.0365. The quantitative estimate of drug-likeness (QED) is 0.157. The first-order valence-corrected chi connectivity index (χ1v) is 17.1. The first-order valence-electron chi connectivity index (χ1n) is 14.6. The summed E-state index contributed by atoms with van der Waals surface area (Å²) < 4.78 is 37.7. The summed E-state index contributed by atoms with van der Waals surface area (Å²) in [7, 11) is -0.251. The number of ether oxygens (including phenoxy) is 2. The first-order chi connectivity index (χ1) is 21.1. The van der Waals surface area contributed by atoms with Crippen LogP contribution < -0.4 is 9.64 Å². The lowest BCUT2D eigenvalue weighted by Crippen LogP contribution is -2.57. The van der Waals surface area contributed by atoms with Crippen molar-refractivity contribution in [3.63, 3.8) is 0 Å². The van der Waals surface area contributed by atoms with Crippen LogP contribution >= 0.6 is 30.8 Å². The Bertz CT molecular complexity index is 1660. The van der Waals surface area contributed by atoms with Crippen LogP contribution in [0.3, 0.4) is 0 Å². The van der Waals surface area contributed by atoms with E-state index in [9.17, 15) is 4.57 Å². The maximum atomic E-state index is 12.7. The van der Waals surface area contributed by atoms with Crippen molar-refractivity contribution in [2.24, 2.45) is 5.41 Å². The molecule has 13 heteroatoms. The van der Waals surface area contributed by atoms with Gasteiger partial charge in [0.15, 0.2) is 6.23 Å². The smallest absolute Gasteiger partial charge is 0.330 e. The molecule has 0 amide bonds. The lowest BCUT2D eigenvalue weighted by atomic mass is 9.84. The number of fused-ring (bicyclic) bond motifs is 1. The highest BCUT2D eigenvalue weighted by molar-refractivity contribution is 7.53. The zero-order valence-electron chi connectivity index (χ0n) is 25.2. The molecule has 0 bridgehead atoms. The van der Waals surface area contributed by atoms with Crippen molar-refractivity contribution in [3.05, 3.63) is 64.5 Å². The largest absolute Gasteiger partial charge is 0.485 e. The number of aromatic nitrogens is 4. The third-order valence-corrected chi connectivity index (χ3v) is 11.2. The van der Waals surface area contributed by atoms with Gasteiger partial charge in [-0.2, -0.15) is 5.10 Å². The fourth-order valence-corrected chi connectivity index (χ4v) is 8.39. The zero-order chi connectivity index (χ0) is 31.1. The molecule has 2 fully saturated rings. The number of rotatable bonds is 10. The van der Waals surface area contributed by atoms with Gasteiger partial charge in [-0.05, 0) is 50.5 Å². The number of anilines is 1. The lowest BCUT2D eigenvalue weighted by Gasteiger charge is -2.49. The molecule has 3 aromatic heterocycles. The second-order valence-corrected chi connectivity index (χ2v) is 14.8. The SMILES string of the molecule is COP(=O)(CC1(C)CN(c2ccc(-c3nn(C4CCCCO4)c4cccc(O[C@H](C)c5c(Cl)cncc5Cl)c34)cn2)C1)OC. The molecule has 1 aromatic carbocycles. The van der Waals surface area contributed by atoms with Crippen LogP contribution in [-0.4, -0.2) is 59.8 Å². The van der Waals surface area contributed by atoms with E-state index in [1.165, 1.54) is 14.2 Å². The maximum absolute atomic E-state index is 12.7. The predicted octanol–water partition coefficient (Wildman–Crippen LogP) is 7.95. The van der Waals surface area contributed by atoms with E-state index in [4.69, 9.17) is 51.8 Å². The van der Waals surface area contributed by atoms with E-state index in [-0.39, 0.29) is 11.6 Å². The van der Waals surface area contributed by atoms with Crippen LogP contribution in [0.4, 0.5) is 5.82 Å². The number of benzene rings is 1. The van der Waals surface area contributed by atoms with Crippen molar-refractivity contribution >= 4 is 47.5 Å². The van der Waals surface area contributed by atoms with Crippen molar-refractivity contribution in [1.29, 1.82) is 0 Å². The van der Waals surface area contributed by atoms with Gasteiger partial charge in [0.2, 0.25) is 0 Å². The topological polar surface area (TPSA) is 101 Å². The van der Waals surface area contributed by atoms with E-state index in [0.717, 1.165) is 47.2 Å². The van der Waals surface area contributed by atoms with Gasteiger partial charge in [-0.25, -0.2) is 9.67 Å². The fourth-order valence-electron chi connectivity index (χ4n) is 6.18. The van der Waals surface area contributed by atoms with Crippen LogP contribution in [0, 0.1) is 5.41 Å². The second kappa shape index (κ2) is 12.6. The summed E-state index contributed by atoms with van der Waals surface area (Å²) in [6.45, 7) is 6.09. The summed E-state index contributed by atoms with van der Waals surface area (Å²) in [5, 5.41) is 6.83. The molecule has 2 aliphatic heterocycles. The molecular formula is C31H36Cl2N5O5P. The number of nitrogens with zero attached hydrogens (tertiary/aromatic N) is 5. The molecule has 0 saturated carbocycles. The van der Waals surface area contributed by atoms with Crippen LogP contribution in [0.25, 0.3) is 22.2 Å². The van der Waals surface area contributed by atoms with Crippen molar-refractivity contribution < 1.29 is 23.1 Å². The minimum atomic E-state index is -3.11. The molecule has 6 rings (SSSR count). The normalized spacial score (nSPS) is 19.1. The van der Waals surface area contributed by atoms with Gasteiger partial charge < -0.3 is 23.4 Å². The number of halogens is 2. The average molecular weight is 661 g/mol. The van der Waals surface area contributed by atoms with Crippen LogP contribution in [0.5, 0.6) is 5.75 Å². The Hall–Kier alpha value is -2.72. The molecule has 2 atom stereocenters. The minimum absolute atomic E-state index is 0.169. The highest BCUT2D eigenvalue weighted by atomic mass is 35.5. The molecule has 0 aliphatic carbocycles. The molecule has 0 radical (unpaired) electrons. The minimum Gasteiger partial charge on any atom is -0.485 e. The maximum Gasteiger partial charge on any atom is 0.330 e. The van der Waals surface area contributed by atoms with E-state index < -0.39 is 13.7 Å². The van der Waals surface area contributed by atoms with E-state index >= 15 is 0 Å².